The second-order valence-corrected chi connectivity index (χ2v) is 6.60. The highest BCUT2D eigenvalue weighted by atomic mass is 16.6. The molecule has 0 aliphatic carbocycles. The molecule has 144 valence electrons. The molecule has 7 nitrogen and oxygen atoms in total. The van der Waals surface area contributed by atoms with Crippen LogP contribution < -0.4 is 0 Å². The van der Waals surface area contributed by atoms with E-state index in [0.29, 0.717) is 33.5 Å². The van der Waals surface area contributed by atoms with Gasteiger partial charge < -0.3 is 9.32 Å². The van der Waals surface area contributed by atoms with Crippen LogP contribution in [-0.4, -0.2) is 27.8 Å². The molecule has 1 amide bonds. The summed E-state index contributed by atoms with van der Waals surface area (Å²) in [5.41, 5.74) is 2.14. The first-order chi connectivity index (χ1) is 14.0. The first kappa shape index (κ1) is 18.4. The molecule has 2 heterocycles. The van der Waals surface area contributed by atoms with E-state index in [0.717, 1.165) is 0 Å². The Morgan fingerprint density at radius 1 is 1.10 bits per heavy atom. The summed E-state index contributed by atoms with van der Waals surface area (Å²) in [6.45, 7) is 0.114. The first-order valence-electron chi connectivity index (χ1n) is 8.96. The van der Waals surface area contributed by atoms with Gasteiger partial charge in [0.15, 0.2) is 5.76 Å². The molecule has 0 bridgehead atoms. The Labute approximate surface area is 166 Å². The average Bonchev–Trinajstić information content (AvgIpc) is 3.27. The van der Waals surface area contributed by atoms with Crippen LogP contribution in [0.5, 0.6) is 0 Å². The van der Waals surface area contributed by atoms with Gasteiger partial charge in [-0.25, -0.2) is 4.98 Å². The van der Waals surface area contributed by atoms with Gasteiger partial charge in [-0.1, -0.05) is 36.4 Å². The number of nitrogens with zero attached hydrogens (tertiary/aromatic N) is 3. The maximum absolute atomic E-state index is 13.3. The van der Waals surface area contributed by atoms with Crippen molar-refractivity contribution in [1.29, 1.82) is 0 Å². The van der Waals surface area contributed by atoms with Crippen molar-refractivity contribution >= 4 is 22.5 Å². The van der Waals surface area contributed by atoms with E-state index >= 15 is 0 Å². The number of nitro benzene ring substituents is 1. The number of nitro groups is 1. The molecule has 0 fully saturated rings. The van der Waals surface area contributed by atoms with Crippen molar-refractivity contribution in [3.63, 3.8) is 0 Å². The van der Waals surface area contributed by atoms with Crippen LogP contribution in [0.15, 0.2) is 77.4 Å². The van der Waals surface area contributed by atoms with Crippen molar-refractivity contribution in [3.8, 4) is 11.5 Å². The lowest BCUT2D eigenvalue weighted by Crippen LogP contribution is -2.27. The number of fused-ring (bicyclic) bond motifs is 1. The van der Waals surface area contributed by atoms with Crippen LogP contribution in [0.1, 0.15) is 15.9 Å². The number of hydrogen-bond acceptors (Lipinski definition) is 5. The number of benzene rings is 2. The zero-order chi connectivity index (χ0) is 20.4. The number of amides is 1. The van der Waals surface area contributed by atoms with Crippen LogP contribution in [0.3, 0.4) is 0 Å². The van der Waals surface area contributed by atoms with Crippen molar-refractivity contribution in [2.75, 3.05) is 7.05 Å². The topological polar surface area (TPSA) is 89.5 Å². The average molecular weight is 387 g/mol. The van der Waals surface area contributed by atoms with Crippen LogP contribution in [0.4, 0.5) is 5.69 Å². The molecule has 2 aromatic carbocycles. The Kier molecular flexibility index (Phi) is 4.78. The highest BCUT2D eigenvalue weighted by molar-refractivity contribution is 6.07. The van der Waals surface area contributed by atoms with Crippen LogP contribution >= 0.6 is 0 Å². The molecule has 0 aliphatic rings. The van der Waals surface area contributed by atoms with E-state index in [-0.39, 0.29) is 18.1 Å². The zero-order valence-corrected chi connectivity index (χ0v) is 15.6. The Bertz CT molecular complexity index is 1200. The normalized spacial score (nSPS) is 10.8. The van der Waals surface area contributed by atoms with E-state index in [9.17, 15) is 14.9 Å². The summed E-state index contributed by atoms with van der Waals surface area (Å²) in [6, 6.07) is 19.0. The van der Waals surface area contributed by atoms with Crippen LogP contribution in [0.25, 0.3) is 22.4 Å². The summed E-state index contributed by atoms with van der Waals surface area (Å²) in [6.07, 6.45) is 1.55. The third-order valence-corrected chi connectivity index (χ3v) is 4.66. The standard InChI is InChI=1S/C22H17N3O4/c1-24(14-15-7-2-5-10-20(15)25(27)28)22(26)17-13-19(21-11-6-12-29-21)23-18-9-4-3-8-16(17)18/h2-13H,14H2,1H3. The van der Waals surface area contributed by atoms with Gasteiger partial charge in [0.1, 0.15) is 5.69 Å². The molecule has 0 saturated heterocycles. The summed E-state index contributed by atoms with van der Waals surface area (Å²) in [5.74, 6) is 0.306. The Hall–Kier alpha value is -4.00. The quantitative estimate of drug-likeness (QED) is 0.366. The minimum atomic E-state index is -0.440. The minimum Gasteiger partial charge on any atom is -0.463 e. The largest absolute Gasteiger partial charge is 0.463 e. The first-order valence-corrected chi connectivity index (χ1v) is 8.96. The maximum Gasteiger partial charge on any atom is 0.274 e. The molecule has 0 atom stereocenters. The summed E-state index contributed by atoms with van der Waals surface area (Å²) in [7, 11) is 1.63. The van der Waals surface area contributed by atoms with Crippen LogP contribution in [-0.2, 0) is 6.54 Å². The molecule has 2 aromatic heterocycles. The number of rotatable bonds is 5. The monoisotopic (exact) mass is 387 g/mol. The fourth-order valence-corrected chi connectivity index (χ4v) is 3.26. The smallest absolute Gasteiger partial charge is 0.274 e. The second-order valence-electron chi connectivity index (χ2n) is 6.60. The summed E-state index contributed by atoms with van der Waals surface area (Å²) in [4.78, 5) is 30.2. The molecule has 0 spiro atoms. The van der Waals surface area contributed by atoms with Crippen LogP contribution in [0.2, 0.25) is 0 Å². The number of hydrogen-bond donors (Lipinski definition) is 0. The van der Waals surface area contributed by atoms with E-state index in [1.54, 1.807) is 49.7 Å². The number of furan rings is 1. The van der Waals surface area contributed by atoms with E-state index in [2.05, 4.69) is 4.98 Å². The van der Waals surface area contributed by atoms with Crippen molar-refractivity contribution in [1.82, 2.24) is 9.88 Å². The van der Waals surface area contributed by atoms with E-state index in [1.165, 1.54) is 11.0 Å². The number of carbonyl (C=O) groups excluding carboxylic acids is 1. The fraction of sp³-hybridized carbons (Fsp3) is 0.0909. The number of para-hydroxylation sites is 2. The second kappa shape index (κ2) is 7.55. The molecule has 4 aromatic rings. The lowest BCUT2D eigenvalue weighted by atomic mass is 10.0. The van der Waals surface area contributed by atoms with Crippen molar-refractivity contribution in [2.45, 2.75) is 6.54 Å². The number of carbonyl (C=O) groups is 1. The van der Waals surface area contributed by atoms with Crippen molar-refractivity contribution < 1.29 is 14.1 Å². The molecule has 4 rings (SSSR count). The van der Waals surface area contributed by atoms with Crippen molar-refractivity contribution in [3.05, 3.63) is 94.2 Å². The molecule has 0 unspecified atom stereocenters. The molecule has 0 saturated carbocycles. The Morgan fingerprint density at radius 3 is 2.62 bits per heavy atom. The van der Waals surface area contributed by atoms with Gasteiger partial charge >= 0.3 is 0 Å². The third kappa shape index (κ3) is 3.58. The maximum atomic E-state index is 13.3. The fourth-order valence-electron chi connectivity index (χ4n) is 3.26. The van der Waals surface area contributed by atoms with Gasteiger partial charge in [0.05, 0.1) is 28.8 Å². The highest BCUT2D eigenvalue weighted by Gasteiger charge is 2.21. The lowest BCUT2D eigenvalue weighted by Gasteiger charge is -2.19. The molecule has 0 radical (unpaired) electrons. The number of aromatic nitrogens is 1. The van der Waals surface area contributed by atoms with Gasteiger partial charge in [-0.2, -0.15) is 0 Å². The Morgan fingerprint density at radius 2 is 1.86 bits per heavy atom. The molecular weight excluding hydrogens is 370 g/mol. The molecule has 7 heteroatoms. The van der Waals surface area contributed by atoms with E-state index in [4.69, 9.17) is 4.42 Å². The minimum absolute atomic E-state index is 0.0111. The lowest BCUT2D eigenvalue weighted by molar-refractivity contribution is -0.385. The Balaban J connectivity index is 1.74. The van der Waals surface area contributed by atoms with Gasteiger partial charge in [-0.15, -0.1) is 0 Å². The molecule has 0 N–H and O–H groups in total. The predicted octanol–water partition coefficient (Wildman–Crippen LogP) is 4.68. The summed E-state index contributed by atoms with van der Waals surface area (Å²) >= 11 is 0. The SMILES string of the molecule is CN(Cc1ccccc1[N+](=O)[O-])C(=O)c1cc(-c2ccco2)nc2ccccc12. The third-order valence-electron chi connectivity index (χ3n) is 4.66. The van der Waals surface area contributed by atoms with Crippen molar-refractivity contribution in [2.24, 2.45) is 0 Å². The van der Waals surface area contributed by atoms with Gasteiger partial charge in [0.2, 0.25) is 0 Å². The summed E-state index contributed by atoms with van der Waals surface area (Å²) < 4.78 is 5.44. The van der Waals surface area contributed by atoms with Gasteiger partial charge in [0.25, 0.3) is 11.6 Å². The van der Waals surface area contributed by atoms with E-state index < -0.39 is 4.92 Å². The van der Waals surface area contributed by atoms with Gasteiger partial charge in [0, 0.05) is 24.1 Å². The van der Waals surface area contributed by atoms with Gasteiger partial charge in [-0.05, 0) is 24.3 Å². The zero-order valence-electron chi connectivity index (χ0n) is 15.6. The predicted molar refractivity (Wildman–Crippen MR) is 108 cm³/mol. The highest BCUT2D eigenvalue weighted by Crippen LogP contribution is 2.27. The molecule has 29 heavy (non-hydrogen) atoms. The van der Waals surface area contributed by atoms with Gasteiger partial charge in [-0.3, -0.25) is 14.9 Å². The van der Waals surface area contributed by atoms with E-state index in [1.807, 2.05) is 24.3 Å². The molecular formula is C22H17N3O4. The summed E-state index contributed by atoms with van der Waals surface area (Å²) in [5, 5.41) is 12.0. The molecule has 0 aliphatic heterocycles. The number of pyridine rings is 1. The van der Waals surface area contributed by atoms with Crippen LogP contribution in [0, 0.1) is 10.1 Å².